The summed E-state index contributed by atoms with van der Waals surface area (Å²) in [4.78, 5) is 0. The SMILES string of the molecule is COc1ccc(/C=C(\C)Br)cc1. The Hall–Kier alpha value is -0.760. The van der Waals surface area contributed by atoms with Gasteiger partial charge in [-0.2, -0.15) is 0 Å². The van der Waals surface area contributed by atoms with Gasteiger partial charge in [0.05, 0.1) is 7.11 Å². The summed E-state index contributed by atoms with van der Waals surface area (Å²) >= 11 is 3.38. The minimum absolute atomic E-state index is 0.888. The number of ether oxygens (including phenoxy) is 1. The van der Waals surface area contributed by atoms with E-state index in [4.69, 9.17) is 4.74 Å². The third-order valence-corrected chi connectivity index (χ3v) is 1.71. The zero-order valence-electron chi connectivity index (χ0n) is 7.17. The van der Waals surface area contributed by atoms with E-state index < -0.39 is 0 Å². The molecule has 0 fully saturated rings. The van der Waals surface area contributed by atoms with Crippen LogP contribution in [0.2, 0.25) is 0 Å². The molecule has 12 heavy (non-hydrogen) atoms. The predicted octanol–water partition coefficient (Wildman–Crippen LogP) is 3.45. The van der Waals surface area contributed by atoms with Crippen LogP contribution in [0, 0.1) is 0 Å². The Kier molecular flexibility index (Phi) is 3.35. The van der Waals surface area contributed by atoms with E-state index in [1.165, 1.54) is 5.56 Å². The molecule has 0 saturated carbocycles. The van der Waals surface area contributed by atoms with Crippen molar-refractivity contribution in [1.82, 2.24) is 0 Å². The Bertz CT molecular complexity index is 270. The zero-order chi connectivity index (χ0) is 8.97. The van der Waals surface area contributed by atoms with Crippen molar-refractivity contribution in [1.29, 1.82) is 0 Å². The summed E-state index contributed by atoms with van der Waals surface area (Å²) in [6, 6.07) is 7.93. The average Bonchev–Trinajstić information content (AvgIpc) is 2.05. The molecule has 0 heterocycles. The van der Waals surface area contributed by atoms with Crippen molar-refractivity contribution in [2.45, 2.75) is 6.92 Å². The number of rotatable bonds is 2. The molecule has 0 spiro atoms. The maximum absolute atomic E-state index is 5.04. The third kappa shape index (κ3) is 2.70. The Balaban J connectivity index is 2.85. The molecule has 0 amide bonds. The minimum Gasteiger partial charge on any atom is -0.497 e. The van der Waals surface area contributed by atoms with Crippen LogP contribution in [0.25, 0.3) is 6.08 Å². The quantitative estimate of drug-likeness (QED) is 0.751. The van der Waals surface area contributed by atoms with Gasteiger partial charge in [-0.15, -0.1) is 0 Å². The zero-order valence-corrected chi connectivity index (χ0v) is 8.76. The topological polar surface area (TPSA) is 9.23 Å². The summed E-state index contributed by atoms with van der Waals surface area (Å²) in [5.74, 6) is 0.888. The van der Waals surface area contributed by atoms with Gasteiger partial charge in [0.2, 0.25) is 0 Å². The van der Waals surface area contributed by atoms with Crippen LogP contribution >= 0.6 is 15.9 Å². The Labute approximate surface area is 81.2 Å². The monoisotopic (exact) mass is 226 g/mol. The lowest BCUT2D eigenvalue weighted by atomic mass is 10.2. The van der Waals surface area contributed by atoms with Gasteiger partial charge in [0.25, 0.3) is 0 Å². The molecule has 1 rings (SSSR count). The molecule has 1 nitrogen and oxygen atoms in total. The van der Waals surface area contributed by atoms with Gasteiger partial charge in [0.1, 0.15) is 5.75 Å². The first-order chi connectivity index (χ1) is 5.72. The van der Waals surface area contributed by atoms with Gasteiger partial charge in [-0.1, -0.05) is 28.1 Å². The first-order valence-electron chi connectivity index (χ1n) is 3.70. The van der Waals surface area contributed by atoms with Gasteiger partial charge >= 0.3 is 0 Å². The summed E-state index contributed by atoms with van der Waals surface area (Å²) in [5, 5.41) is 0. The van der Waals surface area contributed by atoms with Crippen LogP contribution in [0.3, 0.4) is 0 Å². The van der Waals surface area contributed by atoms with Gasteiger partial charge in [-0.3, -0.25) is 0 Å². The lowest BCUT2D eigenvalue weighted by molar-refractivity contribution is 0.415. The molecule has 0 N–H and O–H groups in total. The molecule has 1 aromatic rings. The van der Waals surface area contributed by atoms with E-state index in [1.807, 2.05) is 31.2 Å². The number of hydrogen-bond acceptors (Lipinski definition) is 1. The van der Waals surface area contributed by atoms with Gasteiger partial charge in [-0.25, -0.2) is 0 Å². The molecule has 0 unspecified atom stereocenters. The Morgan fingerprint density at radius 1 is 1.33 bits per heavy atom. The molecule has 0 bridgehead atoms. The molecule has 0 aliphatic rings. The highest BCUT2D eigenvalue weighted by atomic mass is 79.9. The van der Waals surface area contributed by atoms with Crippen molar-refractivity contribution < 1.29 is 4.74 Å². The summed E-state index contributed by atoms with van der Waals surface area (Å²) in [5.41, 5.74) is 1.17. The summed E-state index contributed by atoms with van der Waals surface area (Å²) in [6.07, 6.45) is 2.06. The Morgan fingerprint density at radius 3 is 2.33 bits per heavy atom. The molecule has 0 aliphatic carbocycles. The first kappa shape index (κ1) is 9.33. The van der Waals surface area contributed by atoms with Crippen molar-refractivity contribution >= 4 is 22.0 Å². The smallest absolute Gasteiger partial charge is 0.118 e. The van der Waals surface area contributed by atoms with Crippen LogP contribution in [0.15, 0.2) is 28.7 Å². The predicted molar refractivity (Wildman–Crippen MR) is 55.6 cm³/mol. The largest absolute Gasteiger partial charge is 0.497 e. The summed E-state index contributed by atoms with van der Waals surface area (Å²) in [7, 11) is 1.67. The second kappa shape index (κ2) is 4.31. The summed E-state index contributed by atoms with van der Waals surface area (Å²) < 4.78 is 6.16. The van der Waals surface area contributed by atoms with Gasteiger partial charge in [0, 0.05) is 0 Å². The van der Waals surface area contributed by atoms with Gasteiger partial charge in [0.15, 0.2) is 0 Å². The van der Waals surface area contributed by atoms with Crippen molar-refractivity contribution in [2.75, 3.05) is 7.11 Å². The highest BCUT2D eigenvalue weighted by Gasteiger charge is 1.90. The molecule has 0 radical (unpaired) electrons. The van der Waals surface area contributed by atoms with Crippen molar-refractivity contribution in [3.63, 3.8) is 0 Å². The van der Waals surface area contributed by atoms with Crippen LogP contribution in [-0.2, 0) is 0 Å². The van der Waals surface area contributed by atoms with E-state index in [0.29, 0.717) is 0 Å². The van der Waals surface area contributed by atoms with Crippen molar-refractivity contribution in [3.05, 3.63) is 34.3 Å². The van der Waals surface area contributed by atoms with E-state index in [9.17, 15) is 0 Å². The minimum atomic E-state index is 0.888. The van der Waals surface area contributed by atoms with Crippen molar-refractivity contribution in [2.24, 2.45) is 0 Å². The lowest BCUT2D eigenvalue weighted by Crippen LogP contribution is -1.81. The third-order valence-electron chi connectivity index (χ3n) is 1.48. The van der Waals surface area contributed by atoms with E-state index in [1.54, 1.807) is 7.11 Å². The lowest BCUT2D eigenvalue weighted by Gasteiger charge is -1.98. The van der Waals surface area contributed by atoms with Gasteiger partial charge in [-0.05, 0) is 35.2 Å². The maximum Gasteiger partial charge on any atom is 0.118 e. The number of hydrogen-bond donors (Lipinski definition) is 0. The first-order valence-corrected chi connectivity index (χ1v) is 4.49. The van der Waals surface area contributed by atoms with E-state index in [2.05, 4.69) is 22.0 Å². The fraction of sp³-hybridized carbons (Fsp3) is 0.200. The van der Waals surface area contributed by atoms with Gasteiger partial charge < -0.3 is 4.74 Å². The molecular formula is C10H11BrO. The van der Waals surface area contributed by atoms with Crippen LogP contribution in [0.5, 0.6) is 5.75 Å². The number of halogens is 1. The molecule has 0 saturated heterocycles. The second-order valence-corrected chi connectivity index (χ2v) is 3.76. The van der Waals surface area contributed by atoms with Crippen molar-refractivity contribution in [3.8, 4) is 5.75 Å². The maximum atomic E-state index is 5.04. The number of methoxy groups -OCH3 is 1. The highest BCUT2D eigenvalue weighted by Crippen LogP contribution is 2.15. The molecule has 2 heteroatoms. The van der Waals surface area contributed by atoms with Crippen LogP contribution in [0.4, 0.5) is 0 Å². The molecule has 64 valence electrons. The number of allylic oxidation sites excluding steroid dienone is 1. The average molecular weight is 227 g/mol. The Morgan fingerprint density at radius 2 is 1.92 bits per heavy atom. The molecule has 0 aromatic heterocycles. The highest BCUT2D eigenvalue weighted by molar-refractivity contribution is 9.11. The van der Waals surface area contributed by atoms with Crippen LogP contribution < -0.4 is 4.74 Å². The molecule has 0 aliphatic heterocycles. The number of benzene rings is 1. The molecule has 0 atom stereocenters. The fourth-order valence-corrected chi connectivity index (χ4v) is 1.19. The van der Waals surface area contributed by atoms with Crippen LogP contribution in [-0.4, -0.2) is 7.11 Å². The fourth-order valence-electron chi connectivity index (χ4n) is 0.930. The standard InChI is InChI=1S/C10H11BrO/c1-8(11)7-9-3-5-10(12-2)6-4-9/h3-7H,1-2H3/b8-7+. The second-order valence-electron chi connectivity index (χ2n) is 2.50. The van der Waals surface area contributed by atoms with Crippen LogP contribution in [0.1, 0.15) is 12.5 Å². The molecular weight excluding hydrogens is 216 g/mol. The summed E-state index contributed by atoms with van der Waals surface area (Å²) in [6.45, 7) is 2.00. The normalized spacial score (nSPS) is 11.4. The molecule has 1 aromatic carbocycles. The van der Waals surface area contributed by atoms with E-state index in [-0.39, 0.29) is 0 Å². The van der Waals surface area contributed by atoms with E-state index >= 15 is 0 Å². The van der Waals surface area contributed by atoms with E-state index in [0.717, 1.165) is 10.2 Å².